The van der Waals surface area contributed by atoms with E-state index in [9.17, 15) is 9.59 Å². The topological polar surface area (TPSA) is 67.9 Å². The number of carbonyl (C=O) groups excluding carboxylic acids is 2. The minimum absolute atomic E-state index is 0.0190. The van der Waals surface area contributed by atoms with Crippen molar-refractivity contribution < 1.29 is 19.1 Å². The number of amides is 2. The molecule has 0 spiro atoms. The highest BCUT2D eigenvalue weighted by Gasteiger charge is 2.24. The minimum Gasteiger partial charge on any atom is -0.494 e. The van der Waals surface area contributed by atoms with E-state index in [4.69, 9.17) is 9.47 Å². The third kappa shape index (κ3) is 3.72. The predicted molar refractivity (Wildman–Crippen MR) is 79.7 cm³/mol. The lowest BCUT2D eigenvalue weighted by molar-refractivity contribution is -0.120. The maximum Gasteiger partial charge on any atom is 0.250 e. The molecular formula is C15H20N2O4. The average Bonchev–Trinajstić information content (AvgIpc) is 2.91. The molecule has 114 valence electrons. The van der Waals surface area contributed by atoms with Crippen molar-refractivity contribution in [2.45, 2.75) is 19.8 Å². The summed E-state index contributed by atoms with van der Waals surface area (Å²) in [4.78, 5) is 25.1. The third-order valence-corrected chi connectivity index (χ3v) is 3.26. The van der Waals surface area contributed by atoms with E-state index in [0.29, 0.717) is 31.0 Å². The Morgan fingerprint density at radius 3 is 2.86 bits per heavy atom. The van der Waals surface area contributed by atoms with Crippen LogP contribution >= 0.6 is 0 Å². The van der Waals surface area contributed by atoms with Crippen molar-refractivity contribution in [3.05, 3.63) is 18.2 Å². The van der Waals surface area contributed by atoms with Gasteiger partial charge in [0, 0.05) is 31.3 Å². The van der Waals surface area contributed by atoms with E-state index >= 15 is 0 Å². The molecule has 0 radical (unpaired) electrons. The van der Waals surface area contributed by atoms with Crippen LogP contribution in [0, 0.1) is 0 Å². The van der Waals surface area contributed by atoms with Crippen molar-refractivity contribution in [1.82, 2.24) is 0 Å². The number of rotatable bonds is 6. The molecule has 0 saturated carbocycles. The zero-order valence-electron chi connectivity index (χ0n) is 12.3. The smallest absolute Gasteiger partial charge is 0.250 e. The van der Waals surface area contributed by atoms with Crippen LogP contribution < -0.4 is 15.0 Å². The summed E-state index contributed by atoms with van der Waals surface area (Å²) in [5, 5.41) is 2.73. The number of anilines is 2. The summed E-state index contributed by atoms with van der Waals surface area (Å²) in [6.45, 7) is 3.04. The van der Waals surface area contributed by atoms with E-state index in [-0.39, 0.29) is 18.4 Å². The van der Waals surface area contributed by atoms with Gasteiger partial charge in [-0.05, 0) is 25.5 Å². The maximum atomic E-state index is 11.8. The van der Waals surface area contributed by atoms with Crippen LogP contribution in [-0.4, -0.2) is 38.7 Å². The molecule has 2 rings (SSSR count). The molecule has 1 aromatic carbocycles. The third-order valence-electron chi connectivity index (χ3n) is 3.26. The number of carbonyl (C=O) groups is 2. The molecule has 1 aliphatic heterocycles. The van der Waals surface area contributed by atoms with Gasteiger partial charge in [-0.15, -0.1) is 0 Å². The predicted octanol–water partition coefficient (Wildman–Crippen LogP) is 1.80. The number of hydrogen-bond acceptors (Lipinski definition) is 4. The molecule has 1 heterocycles. The van der Waals surface area contributed by atoms with Crippen molar-refractivity contribution in [2.75, 3.05) is 37.1 Å². The molecule has 0 aromatic heterocycles. The monoisotopic (exact) mass is 292 g/mol. The van der Waals surface area contributed by atoms with Gasteiger partial charge in [0.05, 0.1) is 12.8 Å². The molecule has 1 fully saturated rings. The molecule has 1 aromatic rings. The van der Waals surface area contributed by atoms with Gasteiger partial charge in [0.2, 0.25) is 11.8 Å². The summed E-state index contributed by atoms with van der Waals surface area (Å²) in [6, 6.07) is 5.26. The molecule has 1 N–H and O–H groups in total. The minimum atomic E-state index is -0.219. The maximum absolute atomic E-state index is 11.8. The number of benzene rings is 1. The number of nitrogens with one attached hydrogen (secondary N) is 1. The fraction of sp³-hybridized carbons (Fsp3) is 0.467. The van der Waals surface area contributed by atoms with Gasteiger partial charge >= 0.3 is 0 Å². The molecule has 0 bridgehead atoms. The van der Waals surface area contributed by atoms with Crippen LogP contribution in [0.2, 0.25) is 0 Å². The lowest BCUT2D eigenvalue weighted by Gasteiger charge is -2.19. The highest BCUT2D eigenvalue weighted by molar-refractivity contribution is 5.98. The Morgan fingerprint density at radius 2 is 2.24 bits per heavy atom. The van der Waals surface area contributed by atoms with Gasteiger partial charge in [-0.1, -0.05) is 0 Å². The number of methoxy groups -OCH3 is 1. The molecular weight excluding hydrogens is 272 g/mol. The summed E-state index contributed by atoms with van der Waals surface area (Å²) in [7, 11) is 1.55. The van der Waals surface area contributed by atoms with E-state index in [2.05, 4.69) is 5.32 Å². The Morgan fingerprint density at radius 1 is 1.43 bits per heavy atom. The second-order valence-corrected chi connectivity index (χ2v) is 4.72. The Bertz CT molecular complexity index is 530. The first-order valence-corrected chi connectivity index (χ1v) is 7.01. The SMILES string of the molecule is CCOCC(=O)Nc1ccc(N2CCCC2=O)c(OC)c1. The Balaban J connectivity index is 2.12. The van der Waals surface area contributed by atoms with Gasteiger partial charge in [-0.2, -0.15) is 0 Å². The van der Waals surface area contributed by atoms with Crippen LogP contribution in [0.15, 0.2) is 18.2 Å². The summed E-state index contributed by atoms with van der Waals surface area (Å²) in [6.07, 6.45) is 1.42. The normalized spacial score (nSPS) is 14.4. The highest BCUT2D eigenvalue weighted by atomic mass is 16.5. The molecule has 1 saturated heterocycles. The van der Waals surface area contributed by atoms with Crippen LogP contribution in [0.5, 0.6) is 5.75 Å². The summed E-state index contributed by atoms with van der Waals surface area (Å²) >= 11 is 0. The molecule has 6 nitrogen and oxygen atoms in total. The standard InChI is InChI=1S/C15H20N2O4/c1-3-21-10-14(18)16-11-6-7-12(13(9-11)20-2)17-8-4-5-15(17)19/h6-7,9H,3-5,8,10H2,1-2H3,(H,16,18). The van der Waals surface area contributed by atoms with Crippen molar-refractivity contribution in [1.29, 1.82) is 0 Å². The van der Waals surface area contributed by atoms with Crippen LogP contribution in [0.3, 0.4) is 0 Å². The molecule has 0 aliphatic carbocycles. The van der Waals surface area contributed by atoms with E-state index < -0.39 is 0 Å². The highest BCUT2D eigenvalue weighted by Crippen LogP contribution is 2.33. The fourth-order valence-electron chi connectivity index (χ4n) is 2.27. The lowest BCUT2D eigenvalue weighted by atomic mass is 10.2. The van der Waals surface area contributed by atoms with Crippen LogP contribution in [0.25, 0.3) is 0 Å². The average molecular weight is 292 g/mol. The molecule has 21 heavy (non-hydrogen) atoms. The van der Waals surface area contributed by atoms with Crippen molar-refractivity contribution in [3.8, 4) is 5.75 Å². The summed E-state index contributed by atoms with van der Waals surface area (Å²) in [5.74, 6) is 0.449. The summed E-state index contributed by atoms with van der Waals surface area (Å²) < 4.78 is 10.4. The lowest BCUT2D eigenvalue weighted by Crippen LogP contribution is -2.24. The van der Waals surface area contributed by atoms with Gasteiger partial charge < -0.3 is 19.7 Å². The van der Waals surface area contributed by atoms with Gasteiger partial charge in [0.1, 0.15) is 12.4 Å². The number of ether oxygens (including phenoxy) is 2. The Kier molecular flexibility index (Phi) is 5.16. The Hall–Kier alpha value is -2.08. The quantitative estimate of drug-likeness (QED) is 0.868. The van der Waals surface area contributed by atoms with Gasteiger partial charge in [0.15, 0.2) is 0 Å². The fourth-order valence-corrected chi connectivity index (χ4v) is 2.27. The van der Waals surface area contributed by atoms with Crippen LogP contribution in [-0.2, 0) is 14.3 Å². The van der Waals surface area contributed by atoms with Gasteiger partial charge in [-0.25, -0.2) is 0 Å². The molecule has 0 atom stereocenters. The Labute approximate surface area is 124 Å². The first kappa shape index (κ1) is 15.3. The van der Waals surface area contributed by atoms with Crippen molar-refractivity contribution in [2.24, 2.45) is 0 Å². The molecule has 2 amide bonds. The van der Waals surface area contributed by atoms with E-state index in [1.54, 1.807) is 30.2 Å². The zero-order chi connectivity index (χ0) is 15.2. The van der Waals surface area contributed by atoms with Crippen molar-refractivity contribution in [3.63, 3.8) is 0 Å². The second-order valence-electron chi connectivity index (χ2n) is 4.72. The molecule has 0 unspecified atom stereocenters. The van der Waals surface area contributed by atoms with Crippen LogP contribution in [0.4, 0.5) is 11.4 Å². The largest absolute Gasteiger partial charge is 0.494 e. The van der Waals surface area contributed by atoms with E-state index in [1.165, 1.54) is 0 Å². The van der Waals surface area contributed by atoms with Crippen molar-refractivity contribution >= 4 is 23.2 Å². The van der Waals surface area contributed by atoms with Crippen LogP contribution in [0.1, 0.15) is 19.8 Å². The number of nitrogens with zero attached hydrogens (tertiary/aromatic N) is 1. The van der Waals surface area contributed by atoms with Gasteiger partial charge in [0.25, 0.3) is 0 Å². The first-order chi connectivity index (χ1) is 10.2. The molecule has 1 aliphatic rings. The second kappa shape index (κ2) is 7.08. The summed E-state index contributed by atoms with van der Waals surface area (Å²) in [5.41, 5.74) is 1.36. The van der Waals surface area contributed by atoms with E-state index in [0.717, 1.165) is 12.1 Å². The first-order valence-electron chi connectivity index (χ1n) is 7.01. The van der Waals surface area contributed by atoms with Gasteiger partial charge in [-0.3, -0.25) is 9.59 Å². The zero-order valence-corrected chi connectivity index (χ0v) is 12.3. The molecule has 6 heteroatoms. The van der Waals surface area contributed by atoms with E-state index in [1.807, 2.05) is 6.92 Å². The number of hydrogen-bond donors (Lipinski definition) is 1.